The van der Waals surface area contributed by atoms with E-state index in [4.69, 9.17) is 4.74 Å². The van der Waals surface area contributed by atoms with Crippen molar-refractivity contribution in [2.24, 2.45) is 0 Å². The van der Waals surface area contributed by atoms with Crippen molar-refractivity contribution >= 4 is 17.0 Å². The molecule has 0 spiro atoms. The fraction of sp³-hybridized carbons (Fsp3) is 0.250. The molecule has 0 aliphatic carbocycles. The van der Waals surface area contributed by atoms with E-state index in [1.807, 2.05) is 18.5 Å². The molecule has 90 valence electrons. The molecule has 17 heavy (non-hydrogen) atoms. The number of nitrogens with one attached hydrogen (secondary N) is 1. The molecule has 2 N–H and O–H groups in total. The Morgan fingerprint density at radius 1 is 1.47 bits per heavy atom. The Balaban J connectivity index is 2.05. The Labute approximate surface area is 104 Å². The number of hydrogen-bond acceptors (Lipinski definition) is 5. The highest BCUT2D eigenvalue weighted by atomic mass is 32.1. The zero-order valence-corrected chi connectivity index (χ0v) is 10.5. The van der Waals surface area contributed by atoms with Gasteiger partial charge in [-0.15, -0.1) is 11.3 Å². The SMILES string of the molecule is COc1ccc(NCc2scnc2C)cc1O. The minimum absolute atomic E-state index is 0.138. The maximum absolute atomic E-state index is 9.63. The highest BCUT2D eigenvalue weighted by molar-refractivity contribution is 7.09. The monoisotopic (exact) mass is 250 g/mol. The Bertz CT molecular complexity index is 511. The summed E-state index contributed by atoms with van der Waals surface area (Å²) in [5.41, 5.74) is 3.73. The molecule has 0 unspecified atom stereocenters. The topological polar surface area (TPSA) is 54.4 Å². The molecule has 1 heterocycles. The molecule has 0 amide bonds. The molecular weight excluding hydrogens is 236 g/mol. The van der Waals surface area contributed by atoms with E-state index in [0.29, 0.717) is 12.3 Å². The minimum Gasteiger partial charge on any atom is -0.504 e. The average molecular weight is 250 g/mol. The normalized spacial score (nSPS) is 10.2. The number of phenols is 1. The van der Waals surface area contributed by atoms with Crippen LogP contribution < -0.4 is 10.1 Å². The number of benzene rings is 1. The minimum atomic E-state index is 0.138. The van der Waals surface area contributed by atoms with Crippen molar-refractivity contribution in [1.29, 1.82) is 0 Å². The Kier molecular flexibility index (Phi) is 3.49. The summed E-state index contributed by atoms with van der Waals surface area (Å²) in [6.07, 6.45) is 0. The first-order chi connectivity index (χ1) is 8.20. The van der Waals surface area contributed by atoms with Crippen molar-refractivity contribution < 1.29 is 9.84 Å². The second-order valence-electron chi connectivity index (χ2n) is 3.60. The highest BCUT2D eigenvalue weighted by Gasteiger charge is 2.04. The third-order valence-electron chi connectivity index (χ3n) is 2.48. The maximum atomic E-state index is 9.63. The zero-order valence-electron chi connectivity index (χ0n) is 9.73. The van der Waals surface area contributed by atoms with Crippen molar-refractivity contribution in [2.45, 2.75) is 13.5 Å². The summed E-state index contributed by atoms with van der Waals surface area (Å²) in [5.74, 6) is 0.614. The van der Waals surface area contributed by atoms with E-state index in [1.54, 1.807) is 23.5 Å². The molecule has 0 radical (unpaired) electrons. The smallest absolute Gasteiger partial charge is 0.160 e. The fourth-order valence-corrected chi connectivity index (χ4v) is 2.19. The quantitative estimate of drug-likeness (QED) is 0.876. The van der Waals surface area contributed by atoms with Gasteiger partial charge in [-0.05, 0) is 19.1 Å². The number of aromatic nitrogens is 1. The van der Waals surface area contributed by atoms with Crippen molar-refractivity contribution in [3.8, 4) is 11.5 Å². The lowest BCUT2D eigenvalue weighted by atomic mass is 10.2. The molecule has 0 aliphatic heterocycles. The summed E-state index contributed by atoms with van der Waals surface area (Å²) in [7, 11) is 1.53. The first kappa shape index (κ1) is 11.7. The molecule has 5 heteroatoms. The number of anilines is 1. The number of rotatable bonds is 4. The number of aryl methyl sites for hydroxylation is 1. The number of methoxy groups -OCH3 is 1. The van der Waals surface area contributed by atoms with Crippen molar-refractivity contribution in [1.82, 2.24) is 4.98 Å². The van der Waals surface area contributed by atoms with Crippen molar-refractivity contribution in [3.63, 3.8) is 0 Å². The molecule has 0 fully saturated rings. The van der Waals surface area contributed by atoms with Crippen LogP contribution in [0.1, 0.15) is 10.6 Å². The molecule has 0 aliphatic rings. The molecule has 0 bridgehead atoms. The number of aromatic hydroxyl groups is 1. The van der Waals surface area contributed by atoms with Gasteiger partial charge in [0.15, 0.2) is 11.5 Å². The molecule has 2 rings (SSSR count). The Morgan fingerprint density at radius 3 is 2.88 bits per heavy atom. The predicted molar refractivity (Wildman–Crippen MR) is 68.8 cm³/mol. The lowest BCUT2D eigenvalue weighted by molar-refractivity contribution is 0.373. The number of phenolic OH excluding ortho intramolecular Hbond substituents is 1. The Morgan fingerprint density at radius 2 is 2.29 bits per heavy atom. The number of thiazole rings is 1. The fourth-order valence-electron chi connectivity index (χ4n) is 1.48. The second kappa shape index (κ2) is 5.05. The first-order valence-corrected chi connectivity index (χ1v) is 6.08. The molecule has 2 aromatic rings. The van der Waals surface area contributed by atoms with E-state index in [9.17, 15) is 5.11 Å². The summed E-state index contributed by atoms with van der Waals surface area (Å²) in [5, 5.41) is 12.9. The highest BCUT2D eigenvalue weighted by Crippen LogP contribution is 2.28. The van der Waals surface area contributed by atoms with Crippen molar-refractivity contribution in [2.75, 3.05) is 12.4 Å². The van der Waals surface area contributed by atoms with E-state index in [-0.39, 0.29) is 5.75 Å². The van der Waals surface area contributed by atoms with Gasteiger partial charge in [0, 0.05) is 16.6 Å². The van der Waals surface area contributed by atoms with Gasteiger partial charge >= 0.3 is 0 Å². The molecule has 1 aromatic heterocycles. The van der Waals surface area contributed by atoms with Crippen LogP contribution in [0.25, 0.3) is 0 Å². The van der Waals surface area contributed by atoms with Crippen LogP contribution in [-0.2, 0) is 6.54 Å². The van der Waals surface area contributed by atoms with E-state index in [1.165, 1.54) is 12.0 Å². The van der Waals surface area contributed by atoms with E-state index in [0.717, 1.165) is 11.4 Å². The van der Waals surface area contributed by atoms with Crippen LogP contribution in [0.15, 0.2) is 23.7 Å². The van der Waals surface area contributed by atoms with Crippen LogP contribution in [0.5, 0.6) is 11.5 Å². The van der Waals surface area contributed by atoms with Gasteiger partial charge in [-0.2, -0.15) is 0 Å². The number of nitrogens with zero attached hydrogens (tertiary/aromatic N) is 1. The zero-order chi connectivity index (χ0) is 12.3. The van der Waals surface area contributed by atoms with E-state index < -0.39 is 0 Å². The summed E-state index contributed by atoms with van der Waals surface area (Å²) < 4.78 is 4.98. The van der Waals surface area contributed by atoms with Gasteiger partial charge < -0.3 is 15.2 Å². The average Bonchev–Trinajstić information content (AvgIpc) is 2.72. The van der Waals surface area contributed by atoms with Crippen LogP contribution in [0, 0.1) is 6.92 Å². The largest absolute Gasteiger partial charge is 0.504 e. The van der Waals surface area contributed by atoms with Gasteiger partial charge in [-0.1, -0.05) is 0 Å². The van der Waals surface area contributed by atoms with Crippen LogP contribution >= 0.6 is 11.3 Å². The van der Waals surface area contributed by atoms with Crippen LogP contribution in [0.3, 0.4) is 0 Å². The van der Waals surface area contributed by atoms with Gasteiger partial charge in [0.25, 0.3) is 0 Å². The van der Waals surface area contributed by atoms with Gasteiger partial charge in [0.1, 0.15) is 0 Å². The summed E-state index contributed by atoms with van der Waals surface area (Å²) in [6, 6.07) is 5.25. The summed E-state index contributed by atoms with van der Waals surface area (Å²) in [6.45, 7) is 2.70. The molecule has 1 aromatic carbocycles. The van der Waals surface area contributed by atoms with Crippen LogP contribution in [-0.4, -0.2) is 17.2 Å². The lowest BCUT2D eigenvalue weighted by Gasteiger charge is -2.08. The van der Waals surface area contributed by atoms with Gasteiger partial charge in [0.2, 0.25) is 0 Å². The summed E-state index contributed by atoms with van der Waals surface area (Å²) >= 11 is 1.62. The molecule has 4 nitrogen and oxygen atoms in total. The lowest BCUT2D eigenvalue weighted by Crippen LogP contribution is -1.99. The maximum Gasteiger partial charge on any atom is 0.160 e. The Hall–Kier alpha value is -1.75. The van der Waals surface area contributed by atoms with Gasteiger partial charge in [-0.3, -0.25) is 0 Å². The van der Waals surface area contributed by atoms with Gasteiger partial charge in [-0.25, -0.2) is 4.98 Å². The first-order valence-electron chi connectivity index (χ1n) is 5.20. The molecule has 0 saturated carbocycles. The third-order valence-corrected chi connectivity index (χ3v) is 3.41. The predicted octanol–water partition coefficient (Wildman–Crippen LogP) is 2.78. The number of ether oxygens (including phenoxy) is 1. The number of hydrogen-bond donors (Lipinski definition) is 2. The van der Waals surface area contributed by atoms with Crippen molar-refractivity contribution in [3.05, 3.63) is 34.3 Å². The van der Waals surface area contributed by atoms with Gasteiger partial charge in [0.05, 0.1) is 24.9 Å². The standard InChI is InChI=1S/C12H14N2O2S/c1-8-12(17-7-14-8)6-13-9-3-4-11(16-2)10(15)5-9/h3-5,7,13,15H,6H2,1-2H3. The molecular formula is C12H14N2O2S. The van der Waals surface area contributed by atoms with Crippen LogP contribution in [0.2, 0.25) is 0 Å². The van der Waals surface area contributed by atoms with E-state index in [2.05, 4.69) is 10.3 Å². The van der Waals surface area contributed by atoms with E-state index >= 15 is 0 Å². The molecule has 0 atom stereocenters. The molecule has 0 saturated heterocycles. The van der Waals surface area contributed by atoms with Crippen LogP contribution in [0.4, 0.5) is 5.69 Å². The second-order valence-corrected chi connectivity index (χ2v) is 4.54. The summed E-state index contributed by atoms with van der Waals surface area (Å²) in [4.78, 5) is 5.38. The third kappa shape index (κ3) is 2.68.